The van der Waals surface area contributed by atoms with E-state index >= 15 is 0 Å². The van der Waals surface area contributed by atoms with Crippen molar-refractivity contribution in [3.63, 3.8) is 0 Å². The highest BCUT2D eigenvalue weighted by Gasteiger charge is 2.28. The van der Waals surface area contributed by atoms with E-state index in [1.807, 2.05) is 15.3 Å². The molecule has 1 fully saturated rings. The van der Waals surface area contributed by atoms with E-state index in [2.05, 4.69) is 5.32 Å². The van der Waals surface area contributed by atoms with Crippen LogP contribution in [0.25, 0.3) is 0 Å². The first-order valence-electron chi connectivity index (χ1n) is 12.2. The number of thiophene rings is 1. The van der Waals surface area contributed by atoms with Gasteiger partial charge >= 0.3 is 5.97 Å². The number of aromatic nitrogens is 1. The molecule has 2 aliphatic rings. The topological polar surface area (TPSA) is 77.4 Å². The third-order valence-corrected chi connectivity index (χ3v) is 7.80. The normalized spacial score (nSPS) is 18.0. The highest BCUT2D eigenvalue weighted by atomic mass is 32.1. The second-order valence-electron chi connectivity index (χ2n) is 9.35. The zero-order valence-corrected chi connectivity index (χ0v) is 20.3. The lowest BCUT2D eigenvalue weighted by Gasteiger charge is -2.27. The number of hydrogen-bond donors (Lipinski definition) is 1. The van der Waals surface area contributed by atoms with Crippen LogP contribution >= 0.6 is 11.3 Å². The Morgan fingerprint density at radius 2 is 1.85 bits per heavy atom. The second kappa shape index (κ2) is 11.1. The van der Waals surface area contributed by atoms with Crippen LogP contribution in [0.5, 0.6) is 0 Å². The summed E-state index contributed by atoms with van der Waals surface area (Å²) in [5.41, 5.74) is 2.79. The predicted molar refractivity (Wildman–Crippen MR) is 130 cm³/mol. The van der Waals surface area contributed by atoms with Crippen LogP contribution in [0.3, 0.4) is 0 Å². The molecule has 1 saturated carbocycles. The fourth-order valence-corrected chi connectivity index (χ4v) is 5.95. The lowest BCUT2D eigenvalue weighted by atomic mass is 9.88. The summed E-state index contributed by atoms with van der Waals surface area (Å²) >= 11 is 1.44. The molecule has 4 rings (SSSR count). The van der Waals surface area contributed by atoms with Crippen molar-refractivity contribution in [2.75, 3.05) is 7.11 Å². The number of nitrogens with zero attached hydrogens (tertiary/aromatic N) is 1. The van der Waals surface area contributed by atoms with Crippen molar-refractivity contribution in [2.45, 2.75) is 83.2 Å². The average Bonchev–Trinajstić information content (AvgIpc) is 3.35. The van der Waals surface area contributed by atoms with Crippen LogP contribution < -0.4 is 10.9 Å². The number of aryl methyl sites for hydroxylation is 1. The first-order valence-corrected chi connectivity index (χ1v) is 13.2. The molecule has 2 heterocycles. The molecule has 33 heavy (non-hydrogen) atoms. The molecule has 2 aromatic heterocycles. The van der Waals surface area contributed by atoms with Gasteiger partial charge in [0.25, 0.3) is 11.5 Å². The van der Waals surface area contributed by atoms with Crippen molar-refractivity contribution in [3.8, 4) is 0 Å². The summed E-state index contributed by atoms with van der Waals surface area (Å²) in [6.45, 7) is 0.688. The molecule has 1 amide bonds. The van der Waals surface area contributed by atoms with Crippen LogP contribution in [-0.4, -0.2) is 23.6 Å². The van der Waals surface area contributed by atoms with E-state index in [0.717, 1.165) is 49.8 Å². The highest BCUT2D eigenvalue weighted by Crippen LogP contribution is 2.27. The highest BCUT2D eigenvalue weighted by molar-refractivity contribution is 7.08. The molecule has 0 bridgehead atoms. The molecule has 1 N–H and O–H groups in total. The van der Waals surface area contributed by atoms with Crippen molar-refractivity contribution in [3.05, 3.63) is 55.6 Å². The van der Waals surface area contributed by atoms with Crippen molar-refractivity contribution in [1.29, 1.82) is 0 Å². The lowest BCUT2D eigenvalue weighted by molar-refractivity contribution is -0.143. The van der Waals surface area contributed by atoms with E-state index < -0.39 is 17.9 Å². The Balaban J connectivity index is 1.70. The van der Waals surface area contributed by atoms with Gasteiger partial charge in [-0.1, -0.05) is 32.1 Å². The third kappa shape index (κ3) is 5.57. The number of pyridine rings is 1. The molecule has 1 atom stereocenters. The Hall–Kier alpha value is -2.41. The van der Waals surface area contributed by atoms with Gasteiger partial charge in [0.2, 0.25) is 0 Å². The maximum Gasteiger partial charge on any atom is 0.333 e. The summed E-state index contributed by atoms with van der Waals surface area (Å²) in [5.74, 6) is -0.572. The number of esters is 1. The van der Waals surface area contributed by atoms with Gasteiger partial charge < -0.3 is 14.6 Å². The summed E-state index contributed by atoms with van der Waals surface area (Å²) in [5, 5.41) is 6.43. The van der Waals surface area contributed by atoms with Gasteiger partial charge in [0, 0.05) is 12.2 Å². The van der Waals surface area contributed by atoms with Crippen LogP contribution in [-0.2, 0) is 28.9 Å². The number of hydrogen-bond acceptors (Lipinski definition) is 5. The summed E-state index contributed by atoms with van der Waals surface area (Å²) in [7, 11) is 1.30. The Morgan fingerprint density at radius 3 is 2.55 bits per heavy atom. The molecular weight excluding hydrogens is 436 g/mol. The summed E-state index contributed by atoms with van der Waals surface area (Å²) in [6, 6.07) is 2.65. The first-order chi connectivity index (χ1) is 16.1. The molecule has 2 aliphatic carbocycles. The van der Waals surface area contributed by atoms with Crippen molar-refractivity contribution < 1.29 is 14.3 Å². The zero-order valence-electron chi connectivity index (χ0n) is 19.4. The zero-order chi connectivity index (χ0) is 23.2. The molecule has 6 nitrogen and oxygen atoms in total. The minimum Gasteiger partial charge on any atom is -0.467 e. The van der Waals surface area contributed by atoms with E-state index in [1.54, 1.807) is 12.1 Å². The Bertz CT molecular complexity index is 1020. The Kier molecular flexibility index (Phi) is 8.02. The summed E-state index contributed by atoms with van der Waals surface area (Å²) < 4.78 is 6.82. The largest absolute Gasteiger partial charge is 0.467 e. The summed E-state index contributed by atoms with van der Waals surface area (Å²) in [6.07, 6.45) is 12.2. The minimum atomic E-state index is -0.929. The maximum atomic E-state index is 13.6. The molecule has 178 valence electrons. The van der Waals surface area contributed by atoms with Crippen LogP contribution in [0.1, 0.15) is 91.0 Å². The number of carbonyl (C=O) groups excluding carboxylic acids is 2. The molecule has 0 saturated heterocycles. The Morgan fingerprint density at radius 1 is 1.12 bits per heavy atom. The minimum absolute atomic E-state index is 0.134. The molecule has 0 radical (unpaired) electrons. The van der Waals surface area contributed by atoms with E-state index in [0.29, 0.717) is 18.0 Å². The van der Waals surface area contributed by atoms with Gasteiger partial charge in [-0.25, -0.2) is 4.79 Å². The number of amides is 1. The Labute approximate surface area is 199 Å². The summed E-state index contributed by atoms with van der Waals surface area (Å²) in [4.78, 5) is 39.4. The number of nitrogens with one attached hydrogen (secondary N) is 1. The van der Waals surface area contributed by atoms with E-state index in [1.165, 1.54) is 50.6 Å². The fraction of sp³-hybridized carbons (Fsp3) is 0.577. The molecule has 2 aromatic rings. The van der Waals surface area contributed by atoms with Crippen molar-refractivity contribution >= 4 is 23.2 Å². The molecule has 0 spiro atoms. The van der Waals surface area contributed by atoms with Gasteiger partial charge in [-0.05, 0) is 78.5 Å². The molecule has 1 unspecified atom stereocenters. The van der Waals surface area contributed by atoms with Gasteiger partial charge in [-0.2, -0.15) is 11.3 Å². The fourth-order valence-electron chi connectivity index (χ4n) is 5.26. The van der Waals surface area contributed by atoms with Gasteiger partial charge in [0.15, 0.2) is 6.04 Å². The lowest BCUT2D eigenvalue weighted by Crippen LogP contribution is -2.40. The smallest absolute Gasteiger partial charge is 0.333 e. The number of fused-ring (bicyclic) bond motifs is 1. The number of carbonyl (C=O) groups is 2. The van der Waals surface area contributed by atoms with Gasteiger partial charge in [-0.15, -0.1) is 0 Å². The van der Waals surface area contributed by atoms with E-state index in [4.69, 9.17) is 4.74 Å². The number of ether oxygens (including phenoxy) is 1. The molecular formula is C26H34N2O4S. The van der Waals surface area contributed by atoms with Crippen molar-refractivity contribution in [2.24, 2.45) is 5.92 Å². The quantitative estimate of drug-likeness (QED) is 0.616. The standard InChI is InChI=1S/C26H34N2O4S/c1-32-26(31)23(20-13-14-33-17-20)27-24(29)21-15-19-11-7-2-3-8-12-22(19)28(25(21)30)16-18-9-5-4-6-10-18/h13-15,17-18,23H,2-12,16H2,1H3,(H,27,29). The van der Waals surface area contributed by atoms with Crippen LogP contribution in [0.4, 0.5) is 0 Å². The third-order valence-electron chi connectivity index (χ3n) is 7.10. The number of methoxy groups -OCH3 is 1. The van der Waals surface area contributed by atoms with Crippen LogP contribution in [0.2, 0.25) is 0 Å². The van der Waals surface area contributed by atoms with Gasteiger partial charge in [0.1, 0.15) is 5.56 Å². The van der Waals surface area contributed by atoms with Crippen LogP contribution in [0, 0.1) is 5.92 Å². The SMILES string of the molecule is COC(=O)C(NC(=O)c1cc2c(n(CC3CCCCC3)c1=O)CCCCCC2)c1ccsc1. The van der Waals surface area contributed by atoms with Gasteiger partial charge in [0.05, 0.1) is 7.11 Å². The van der Waals surface area contributed by atoms with E-state index in [-0.39, 0.29) is 11.1 Å². The maximum absolute atomic E-state index is 13.6. The monoisotopic (exact) mass is 470 g/mol. The molecule has 7 heteroatoms. The van der Waals surface area contributed by atoms with Crippen LogP contribution in [0.15, 0.2) is 27.7 Å². The molecule has 0 aromatic carbocycles. The first kappa shape index (κ1) is 23.7. The average molecular weight is 471 g/mol. The molecule has 0 aliphatic heterocycles. The van der Waals surface area contributed by atoms with E-state index in [9.17, 15) is 14.4 Å². The van der Waals surface area contributed by atoms with Gasteiger partial charge in [-0.3, -0.25) is 9.59 Å². The van der Waals surface area contributed by atoms with Crippen molar-refractivity contribution in [1.82, 2.24) is 9.88 Å². The number of rotatable bonds is 6. The predicted octanol–water partition coefficient (Wildman–Crippen LogP) is 4.79. The second-order valence-corrected chi connectivity index (χ2v) is 10.1.